The average Bonchev–Trinajstić information content (AvgIpc) is 3.02. The monoisotopic (exact) mass is 322 g/mol. The van der Waals surface area contributed by atoms with Crippen molar-refractivity contribution < 1.29 is 14.3 Å². The molecule has 24 heavy (non-hydrogen) atoms. The zero-order valence-corrected chi connectivity index (χ0v) is 13.3. The molecular weight excluding hydrogens is 304 g/mol. The number of aromatic nitrogens is 1. The van der Waals surface area contributed by atoms with Gasteiger partial charge in [0.1, 0.15) is 17.0 Å². The number of hydrogen-bond acceptors (Lipinski definition) is 3. The van der Waals surface area contributed by atoms with Crippen LogP contribution in [0.4, 0.5) is 0 Å². The maximum absolute atomic E-state index is 12.7. The van der Waals surface area contributed by atoms with Gasteiger partial charge in [0.25, 0.3) is 5.91 Å². The number of rotatable bonds is 4. The van der Waals surface area contributed by atoms with Gasteiger partial charge in [-0.2, -0.15) is 0 Å². The van der Waals surface area contributed by atoms with E-state index in [9.17, 15) is 4.79 Å². The lowest BCUT2D eigenvalue weighted by molar-refractivity contribution is -0.0734. The summed E-state index contributed by atoms with van der Waals surface area (Å²) in [5.41, 5.74) is 2.04. The summed E-state index contributed by atoms with van der Waals surface area (Å²) in [6.45, 7) is 0.966. The maximum atomic E-state index is 12.7. The molecule has 0 unspecified atom stereocenters. The first kappa shape index (κ1) is 14.8. The third kappa shape index (κ3) is 2.43. The molecular formula is C19H18N2O3. The molecule has 2 N–H and O–H groups in total. The highest BCUT2D eigenvalue weighted by atomic mass is 16.5. The van der Waals surface area contributed by atoms with Gasteiger partial charge in [0.2, 0.25) is 0 Å². The SMILES string of the molecule is COc1ccc2[nH]c(C(=O)NC3(c4ccccc4)COC3)cc2c1. The predicted octanol–water partition coefficient (Wildman–Crippen LogP) is 2.83. The molecule has 1 aromatic heterocycles. The standard InChI is InChI=1S/C19H18N2O3/c1-23-15-7-8-16-13(9-15)10-17(20-16)18(22)21-19(11-24-12-19)14-5-3-2-4-6-14/h2-10,20H,11-12H2,1H3,(H,21,22). The maximum Gasteiger partial charge on any atom is 0.268 e. The van der Waals surface area contributed by atoms with Gasteiger partial charge in [-0.05, 0) is 29.8 Å². The van der Waals surface area contributed by atoms with Crippen LogP contribution in [-0.4, -0.2) is 31.2 Å². The molecule has 0 radical (unpaired) electrons. The summed E-state index contributed by atoms with van der Waals surface area (Å²) in [5.74, 6) is 0.624. The quantitative estimate of drug-likeness (QED) is 0.776. The largest absolute Gasteiger partial charge is 0.497 e. The average molecular weight is 322 g/mol. The first-order valence-electron chi connectivity index (χ1n) is 7.83. The highest BCUT2D eigenvalue weighted by Crippen LogP contribution is 2.30. The van der Waals surface area contributed by atoms with E-state index < -0.39 is 5.54 Å². The first-order valence-corrected chi connectivity index (χ1v) is 7.83. The zero-order chi connectivity index (χ0) is 16.6. The minimum atomic E-state index is -0.451. The van der Waals surface area contributed by atoms with Crippen LogP contribution in [0.25, 0.3) is 10.9 Å². The number of fused-ring (bicyclic) bond motifs is 1. The van der Waals surface area contributed by atoms with E-state index in [1.165, 1.54) is 0 Å². The number of carbonyl (C=O) groups excluding carboxylic acids is 1. The van der Waals surface area contributed by atoms with Crippen LogP contribution in [-0.2, 0) is 10.3 Å². The Morgan fingerprint density at radius 3 is 2.62 bits per heavy atom. The van der Waals surface area contributed by atoms with Gasteiger partial charge >= 0.3 is 0 Å². The predicted molar refractivity (Wildman–Crippen MR) is 91.3 cm³/mol. The van der Waals surface area contributed by atoms with E-state index in [4.69, 9.17) is 9.47 Å². The van der Waals surface area contributed by atoms with Gasteiger partial charge in [0, 0.05) is 10.9 Å². The van der Waals surface area contributed by atoms with Crippen molar-refractivity contribution in [3.8, 4) is 5.75 Å². The van der Waals surface area contributed by atoms with Gasteiger partial charge in [-0.3, -0.25) is 4.79 Å². The van der Waals surface area contributed by atoms with Crippen molar-refractivity contribution in [1.29, 1.82) is 0 Å². The van der Waals surface area contributed by atoms with E-state index in [1.54, 1.807) is 7.11 Å². The molecule has 1 saturated heterocycles. The van der Waals surface area contributed by atoms with Crippen molar-refractivity contribution in [3.63, 3.8) is 0 Å². The number of amides is 1. The Labute approximate surface area is 139 Å². The minimum absolute atomic E-state index is 0.141. The molecule has 0 atom stereocenters. The summed E-state index contributed by atoms with van der Waals surface area (Å²) in [4.78, 5) is 15.9. The molecule has 1 aliphatic rings. The van der Waals surface area contributed by atoms with Crippen LogP contribution in [0, 0.1) is 0 Å². The van der Waals surface area contributed by atoms with E-state index in [1.807, 2.05) is 54.6 Å². The van der Waals surface area contributed by atoms with Crippen LogP contribution in [0.3, 0.4) is 0 Å². The molecule has 122 valence electrons. The summed E-state index contributed by atoms with van der Waals surface area (Å²) in [6.07, 6.45) is 0. The fourth-order valence-corrected chi connectivity index (χ4v) is 3.02. The lowest BCUT2D eigenvalue weighted by Gasteiger charge is -2.42. The summed E-state index contributed by atoms with van der Waals surface area (Å²) in [5, 5.41) is 4.07. The number of benzene rings is 2. The fraction of sp³-hybridized carbons (Fsp3) is 0.211. The third-order valence-corrected chi connectivity index (χ3v) is 4.45. The Morgan fingerprint density at radius 2 is 1.96 bits per heavy atom. The fourth-order valence-electron chi connectivity index (χ4n) is 3.02. The molecule has 2 aromatic carbocycles. The van der Waals surface area contributed by atoms with E-state index in [2.05, 4.69) is 10.3 Å². The van der Waals surface area contributed by atoms with E-state index in [-0.39, 0.29) is 5.91 Å². The Kier molecular flexibility index (Phi) is 3.50. The Bertz CT molecular complexity index is 882. The van der Waals surface area contributed by atoms with Gasteiger partial charge in [-0.1, -0.05) is 30.3 Å². The van der Waals surface area contributed by atoms with E-state index >= 15 is 0 Å². The Balaban J connectivity index is 1.62. The van der Waals surface area contributed by atoms with Crippen molar-refractivity contribution in [2.75, 3.05) is 20.3 Å². The number of ether oxygens (including phenoxy) is 2. The number of nitrogens with one attached hydrogen (secondary N) is 2. The molecule has 5 heteroatoms. The van der Waals surface area contributed by atoms with Gasteiger partial charge in [0.05, 0.1) is 20.3 Å². The van der Waals surface area contributed by atoms with Crippen LogP contribution in [0.5, 0.6) is 5.75 Å². The highest BCUT2D eigenvalue weighted by molar-refractivity contribution is 5.98. The molecule has 0 bridgehead atoms. The van der Waals surface area contributed by atoms with Crippen molar-refractivity contribution in [3.05, 3.63) is 65.9 Å². The molecule has 4 rings (SSSR count). The molecule has 3 aromatic rings. The first-order chi connectivity index (χ1) is 11.7. The normalized spacial score (nSPS) is 15.7. The van der Waals surface area contributed by atoms with Gasteiger partial charge in [-0.15, -0.1) is 0 Å². The topological polar surface area (TPSA) is 63.4 Å². The van der Waals surface area contributed by atoms with Crippen LogP contribution >= 0.6 is 0 Å². The highest BCUT2D eigenvalue weighted by Gasteiger charge is 2.42. The number of carbonyl (C=O) groups is 1. The number of aromatic amines is 1. The third-order valence-electron chi connectivity index (χ3n) is 4.45. The van der Waals surface area contributed by atoms with Gasteiger partial charge < -0.3 is 19.8 Å². The van der Waals surface area contributed by atoms with Crippen molar-refractivity contribution >= 4 is 16.8 Å². The molecule has 0 aliphatic carbocycles. The Hall–Kier alpha value is -2.79. The van der Waals surface area contributed by atoms with Crippen LogP contribution in [0.1, 0.15) is 16.1 Å². The molecule has 0 saturated carbocycles. The molecule has 2 heterocycles. The molecule has 1 fully saturated rings. The number of methoxy groups -OCH3 is 1. The lowest BCUT2D eigenvalue weighted by Crippen LogP contribution is -2.59. The van der Waals surface area contributed by atoms with E-state index in [0.717, 1.165) is 22.2 Å². The molecule has 1 amide bonds. The summed E-state index contributed by atoms with van der Waals surface area (Å²) >= 11 is 0. The number of hydrogen-bond donors (Lipinski definition) is 2. The van der Waals surface area contributed by atoms with Crippen LogP contribution in [0.15, 0.2) is 54.6 Å². The van der Waals surface area contributed by atoms with Crippen molar-refractivity contribution in [2.24, 2.45) is 0 Å². The molecule has 0 spiro atoms. The Morgan fingerprint density at radius 1 is 1.17 bits per heavy atom. The lowest BCUT2D eigenvalue weighted by atomic mass is 9.88. The van der Waals surface area contributed by atoms with Crippen LogP contribution < -0.4 is 10.1 Å². The van der Waals surface area contributed by atoms with Gasteiger partial charge in [0.15, 0.2) is 0 Å². The van der Waals surface area contributed by atoms with Crippen molar-refractivity contribution in [1.82, 2.24) is 10.3 Å². The second kappa shape index (κ2) is 5.69. The minimum Gasteiger partial charge on any atom is -0.497 e. The zero-order valence-electron chi connectivity index (χ0n) is 13.3. The summed E-state index contributed by atoms with van der Waals surface area (Å²) in [6, 6.07) is 17.4. The van der Waals surface area contributed by atoms with Crippen molar-refractivity contribution in [2.45, 2.75) is 5.54 Å². The summed E-state index contributed by atoms with van der Waals surface area (Å²) in [7, 11) is 1.63. The second-order valence-electron chi connectivity index (χ2n) is 6.03. The van der Waals surface area contributed by atoms with E-state index in [0.29, 0.717) is 18.9 Å². The van der Waals surface area contributed by atoms with Crippen LogP contribution in [0.2, 0.25) is 0 Å². The van der Waals surface area contributed by atoms with Gasteiger partial charge in [-0.25, -0.2) is 0 Å². The smallest absolute Gasteiger partial charge is 0.268 e. The number of H-pyrrole nitrogens is 1. The summed E-state index contributed by atoms with van der Waals surface area (Å²) < 4.78 is 10.6. The molecule has 1 aliphatic heterocycles. The molecule has 5 nitrogen and oxygen atoms in total. The second-order valence-corrected chi connectivity index (χ2v) is 6.03.